The Morgan fingerprint density at radius 1 is 1.21 bits per heavy atom. The molecule has 1 fully saturated rings. The Hall–Kier alpha value is -2.80. The van der Waals surface area contributed by atoms with Crippen molar-refractivity contribution in [1.29, 1.82) is 0 Å². The molecule has 1 aromatic carbocycles. The maximum Gasteiger partial charge on any atom is 0.250 e. The van der Waals surface area contributed by atoms with E-state index in [2.05, 4.69) is 15.2 Å². The molecule has 3 rings (SSSR count). The Balaban J connectivity index is 0.000000212. The number of aromatic nitrogens is 1. The normalized spacial score (nSPS) is 13.7. The number of pyridine rings is 1. The van der Waals surface area contributed by atoms with E-state index in [-0.39, 0.29) is 11.7 Å². The van der Waals surface area contributed by atoms with Crippen molar-refractivity contribution in [2.45, 2.75) is 25.7 Å². The van der Waals surface area contributed by atoms with Crippen LogP contribution in [0, 0.1) is 11.7 Å². The van der Waals surface area contributed by atoms with Crippen LogP contribution in [0.4, 0.5) is 4.39 Å². The summed E-state index contributed by atoms with van der Waals surface area (Å²) >= 11 is 0. The second-order valence-corrected chi connectivity index (χ2v) is 7.38. The third kappa shape index (κ3) is 7.62. The van der Waals surface area contributed by atoms with Gasteiger partial charge in [0.15, 0.2) is 0 Å². The number of benzene rings is 1. The number of amides is 2. The van der Waals surface area contributed by atoms with Gasteiger partial charge in [-0.3, -0.25) is 14.6 Å². The molecule has 1 aliphatic carbocycles. The van der Waals surface area contributed by atoms with Crippen LogP contribution in [-0.4, -0.2) is 48.9 Å². The van der Waals surface area contributed by atoms with Gasteiger partial charge < -0.3 is 16.0 Å². The van der Waals surface area contributed by atoms with Gasteiger partial charge in [-0.25, -0.2) is 4.39 Å². The Kier molecular flexibility index (Phi) is 8.73. The Bertz CT molecular complexity index is 803. The summed E-state index contributed by atoms with van der Waals surface area (Å²) in [5.74, 6) is -0.280. The van der Waals surface area contributed by atoms with Gasteiger partial charge in [-0.1, -0.05) is 25.0 Å². The minimum absolute atomic E-state index is 0.263. The molecule has 7 heteroatoms. The number of nitrogens with zero attached hydrogens (tertiary/aromatic N) is 2. The van der Waals surface area contributed by atoms with E-state index in [0.29, 0.717) is 22.7 Å². The van der Waals surface area contributed by atoms with Crippen molar-refractivity contribution in [2.75, 3.05) is 27.2 Å². The summed E-state index contributed by atoms with van der Waals surface area (Å²) in [7, 11) is 4.03. The molecule has 0 spiro atoms. The van der Waals surface area contributed by atoms with Gasteiger partial charge in [-0.05, 0) is 51.2 Å². The van der Waals surface area contributed by atoms with Crippen LogP contribution in [0.1, 0.15) is 36.0 Å². The molecule has 0 bridgehead atoms. The summed E-state index contributed by atoms with van der Waals surface area (Å²) in [5, 5.41) is 2.98. The van der Waals surface area contributed by atoms with Crippen molar-refractivity contribution in [1.82, 2.24) is 15.2 Å². The summed E-state index contributed by atoms with van der Waals surface area (Å²) in [4.78, 5) is 28.4. The first-order chi connectivity index (χ1) is 13.9. The number of nitrogens with two attached hydrogens (primary N) is 1. The molecule has 6 nitrogen and oxygen atoms in total. The molecule has 0 unspecified atom stereocenters. The van der Waals surface area contributed by atoms with E-state index in [1.165, 1.54) is 31.2 Å². The van der Waals surface area contributed by atoms with Crippen LogP contribution in [-0.2, 0) is 4.79 Å². The summed E-state index contributed by atoms with van der Waals surface area (Å²) in [5.41, 5.74) is 6.69. The van der Waals surface area contributed by atoms with E-state index in [1.807, 2.05) is 14.1 Å². The average Bonchev–Trinajstić information content (AvgIpc) is 3.23. The second kappa shape index (κ2) is 11.3. The molecule has 0 saturated heterocycles. The van der Waals surface area contributed by atoms with Gasteiger partial charge in [0.25, 0.3) is 0 Å². The van der Waals surface area contributed by atoms with Crippen molar-refractivity contribution in [2.24, 2.45) is 11.7 Å². The number of halogens is 1. The van der Waals surface area contributed by atoms with E-state index in [4.69, 9.17) is 5.73 Å². The van der Waals surface area contributed by atoms with E-state index >= 15 is 0 Å². The number of likely N-dealkylation sites (N-methyl/N-ethyl adjacent to an activating group) is 1. The average molecular weight is 400 g/mol. The van der Waals surface area contributed by atoms with Crippen molar-refractivity contribution in [3.05, 3.63) is 54.0 Å². The molecule has 0 atom stereocenters. The summed E-state index contributed by atoms with van der Waals surface area (Å²) in [6, 6.07) is 9.29. The third-order valence-electron chi connectivity index (χ3n) is 4.75. The quantitative estimate of drug-likeness (QED) is 0.780. The van der Waals surface area contributed by atoms with Crippen LogP contribution in [0.3, 0.4) is 0 Å². The maximum absolute atomic E-state index is 13.0. The third-order valence-corrected chi connectivity index (χ3v) is 4.75. The maximum atomic E-state index is 13.0. The molecule has 1 aliphatic rings. The molecule has 29 heavy (non-hydrogen) atoms. The summed E-state index contributed by atoms with van der Waals surface area (Å²) in [6.45, 7) is 1.71. The van der Waals surface area contributed by atoms with Gasteiger partial charge in [-0.15, -0.1) is 0 Å². The Morgan fingerprint density at radius 2 is 1.93 bits per heavy atom. The first-order valence-electron chi connectivity index (χ1n) is 9.81. The van der Waals surface area contributed by atoms with Gasteiger partial charge in [-0.2, -0.15) is 0 Å². The first kappa shape index (κ1) is 22.5. The number of carbonyl (C=O) groups is 2. The highest BCUT2D eigenvalue weighted by Crippen LogP contribution is 2.24. The standard InChI is InChI=1S/C12H9FN2O.C10H20N2O/c13-10-3-1-2-8(6-10)11-5-4-9(7-15-11)12(14)16;1-12(2)8-7-11-10(13)9-5-3-4-6-9/h1-7H,(H2,14,16);9H,3-8H2,1-2H3,(H,11,13). The fourth-order valence-corrected chi connectivity index (χ4v) is 3.09. The number of rotatable bonds is 6. The van der Waals surface area contributed by atoms with Crippen LogP contribution < -0.4 is 11.1 Å². The summed E-state index contributed by atoms with van der Waals surface area (Å²) < 4.78 is 13.0. The zero-order valence-corrected chi connectivity index (χ0v) is 17.0. The van der Waals surface area contributed by atoms with Crippen molar-refractivity contribution < 1.29 is 14.0 Å². The zero-order chi connectivity index (χ0) is 21.2. The molecule has 1 aromatic heterocycles. The number of hydrogen-bond acceptors (Lipinski definition) is 4. The molecular weight excluding hydrogens is 371 g/mol. The van der Waals surface area contributed by atoms with Crippen LogP contribution in [0.2, 0.25) is 0 Å². The van der Waals surface area contributed by atoms with E-state index in [0.717, 1.165) is 25.9 Å². The molecule has 1 heterocycles. The highest BCUT2D eigenvalue weighted by molar-refractivity contribution is 5.92. The molecule has 0 aliphatic heterocycles. The van der Waals surface area contributed by atoms with Crippen LogP contribution in [0.5, 0.6) is 0 Å². The minimum Gasteiger partial charge on any atom is -0.366 e. The monoisotopic (exact) mass is 400 g/mol. The highest BCUT2D eigenvalue weighted by atomic mass is 19.1. The molecule has 1 saturated carbocycles. The van der Waals surface area contributed by atoms with Crippen molar-refractivity contribution in [3.8, 4) is 11.3 Å². The molecular formula is C22H29FN4O2. The Labute approximate surface area is 171 Å². The Morgan fingerprint density at radius 3 is 2.48 bits per heavy atom. The van der Waals surface area contributed by atoms with Crippen LogP contribution in [0.15, 0.2) is 42.6 Å². The molecule has 156 valence electrons. The van der Waals surface area contributed by atoms with Crippen molar-refractivity contribution in [3.63, 3.8) is 0 Å². The lowest BCUT2D eigenvalue weighted by Gasteiger charge is -2.13. The van der Waals surface area contributed by atoms with E-state index in [9.17, 15) is 14.0 Å². The number of hydrogen-bond donors (Lipinski definition) is 2. The zero-order valence-electron chi connectivity index (χ0n) is 17.0. The van der Waals surface area contributed by atoms with Gasteiger partial charge in [0.2, 0.25) is 11.8 Å². The number of carbonyl (C=O) groups excluding carboxylic acids is 2. The lowest BCUT2D eigenvalue weighted by molar-refractivity contribution is -0.124. The summed E-state index contributed by atoms with van der Waals surface area (Å²) in [6.07, 6.45) is 6.02. The minimum atomic E-state index is -0.529. The van der Waals surface area contributed by atoms with Gasteiger partial charge in [0.1, 0.15) is 5.82 Å². The van der Waals surface area contributed by atoms with Gasteiger partial charge in [0, 0.05) is 30.8 Å². The SMILES string of the molecule is CN(C)CCNC(=O)C1CCCC1.NC(=O)c1ccc(-c2cccc(F)c2)nc1. The fourth-order valence-electron chi connectivity index (χ4n) is 3.09. The van der Waals surface area contributed by atoms with Gasteiger partial charge in [0.05, 0.1) is 11.3 Å². The molecule has 0 radical (unpaired) electrons. The van der Waals surface area contributed by atoms with Gasteiger partial charge >= 0.3 is 0 Å². The first-order valence-corrected chi connectivity index (χ1v) is 9.81. The second-order valence-electron chi connectivity index (χ2n) is 7.38. The largest absolute Gasteiger partial charge is 0.366 e. The predicted octanol–water partition coefficient (Wildman–Crippen LogP) is 2.84. The lowest BCUT2D eigenvalue weighted by atomic mass is 10.1. The van der Waals surface area contributed by atoms with Crippen LogP contribution in [0.25, 0.3) is 11.3 Å². The molecule has 2 amide bonds. The predicted molar refractivity (Wildman–Crippen MR) is 112 cm³/mol. The van der Waals surface area contributed by atoms with E-state index < -0.39 is 5.91 Å². The molecule has 2 aromatic rings. The van der Waals surface area contributed by atoms with Crippen LogP contribution >= 0.6 is 0 Å². The number of nitrogens with one attached hydrogen (secondary N) is 1. The lowest BCUT2D eigenvalue weighted by Crippen LogP contribution is -2.34. The highest BCUT2D eigenvalue weighted by Gasteiger charge is 2.21. The molecule has 3 N–H and O–H groups in total. The fraction of sp³-hybridized carbons (Fsp3) is 0.409. The number of primary amides is 1. The smallest absolute Gasteiger partial charge is 0.250 e. The van der Waals surface area contributed by atoms with E-state index in [1.54, 1.807) is 24.3 Å². The topological polar surface area (TPSA) is 88.3 Å². The van der Waals surface area contributed by atoms with Crippen molar-refractivity contribution >= 4 is 11.8 Å².